The van der Waals surface area contributed by atoms with Crippen molar-refractivity contribution in [3.05, 3.63) is 40.9 Å². The minimum atomic E-state index is -0.868. The third kappa shape index (κ3) is 5.07. The molecular formula is C15H18N2O3S. The van der Waals surface area contributed by atoms with E-state index in [0.29, 0.717) is 18.8 Å². The molecule has 2 N–H and O–H groups in total. The number of aliphatic carboxylic acids is 1. The molecule has 1 aromatic carbocycles. The molecule has 1 heterocycles. The van der Waals surface area contributed by atoms with E-state index in [-0.39, 0.29) is 6.42 Å². The molecule has 0 saturated carbocycles. The maximum Gasteiger partial charge on any atom is 0.309 e. The summed E-state index contributed by atoms with van der Waals surface area (Å²) in [5.41, 5.74) is 1.67. The molecule has 0 aliphatic heterocycles. The van der Waals surface area contributed by atoms with E-state index in [1.54, 1.807) is 5.38 Å². The third-order valence-corrected chi connectivity index (χ3v) is 3.55. The Kier molecular flexibility index (Phi) is 5.57. The topological polar surface area (TPSA) is 71.5 Å². The summed E-state index contributed by atoms with van der Waals surface area (Å²) in [5.74, 6) is -0.00511. The van der Waals surface area contributed by atoms with E-state index in [4.69, 9.17) is 9.84 Å². The molecule has 5 nitrogen and oxygen atoms in total. The predicted molar refractivity (Wildman–Crippen MR) is 83.0 cm³/mol. The Hall–Kier alpha value is -2.08. The molecule has 21 heavy (non-hydrogen) atoms. The van der Waals surface area contributed by atoms with Crippen LogP contribution in [0, 0.1) is 0 Å². The first-order chi connectivity index (χ1) is 10.2. The molecule has 0 aliphatic rings. The Labute approximate surface area is 127 Å². The zero-order valence-electron chi connectivity index (χ0n) is 11.8. The van der Waals surface area contributed by atoms with E-state index in [0.717, 1.165) is 22.9 Å². The van der Waals surface area contributed by atoms with Gasteiger partial charge < -0.3 is 15.2 Å². The van der Waals surface area contributed by atoms with E-state index >= 15 is 0 Å². The standard InChI is InChI=1S/C15H18N2O3S/c1-2-6-20-13-5-3-4-11(7-13)9-16-15-17-12(10-21-15)8-14(18)19/h3-5,7,10H,2,6,8-9H2,1H3,(H,16,17)(H,18,19). The molecule has 0 spiro atoms. The number of benzene rings is 1. The second kappa shape index (κ2) is 7.64. The summed E-state index contributed by atoms with van der Waals surface area (Å²) in [6.07, 6.45) is 0.937. The summed E-state index contributed by atoms with van der Waals surface area (Å²) in [4.78, 5) is 14.8. The number of thiazole rings is 1. The van der Waals surface area contributed by atoms with Gasteiger partial charge in [0, 0.05) is 11.9 Å². The lowest BCUT2D eigenvalue weighted by atomic mass is 10.2. The van der Waals surface area contributed by atoms with Gasteiger partial charge in [-0.2, -0.15) is 0 Å². The van der Waals surface area contributed by atoms with Crippen LogP contribution in [-0.4, -0.2) is 22.7 Å². The Morgan fingerprint density at radius 1 is 1.48 bits per heavy atom. The van der Waals surface area contributed by atoms with Crippen LogP contribution in [0.25, 0.3) is 0 Å². The Balaban J connectivity index is 1.90. The summed E-state index contributed by atoms with van der Waals surface area (Å²) in [7, 11) is 0. The van der Waals surface area contributed by atoms with Crippen LogP contribution in [0.15, 0.2) is 29.6 Å². The number of carbonyl (C=O) groups is 1. The number of anilines is 1. The minimum Gasteiger partial charge on any atom is -0.494 e. The fourth-order valence-electron chi connectivity index (χ4n) is 1.77. The van der Waals surface area contributed by atoms with E-state index < -0.39 is 5.97 Å². The molecule has 0 bridgehead atoms. The van der Waals surface area contributed by atoms with Crippen molar-refractivity contribution in [2.75, 3.05) is 11.9 Å². The number of rotatable bonds is 8. The van der Waals surface area contributed by atoms with Crippen molar-refractivity contribution in [1.82, 2.24) is 4.98 Å². The maximum atomic E-state index is 10.6. The lowest BCUT2D eigenvalue weighted by molar-refractivity contribution is -0.136. The van der Waals surface area contributed by atoms with Crippen LogP contribution in [0.2, 0.25) is 0 Å². The number of carboxylic acid groups (broad SMARTS) is 1. The maximum absolute atomic E-state index is 10.6. The Morgan fingerprint density at radius 2 is 2.33 bits per heavy atom. The number of hydrogen-bond donors (Lipinski definition) is 2. The SMILES string of the molecule is CCCOc1cccc(CNc2nc(CC(=O)O)cs2)c1. The van der Waals surface area contributed by atoms with Gasteiger partial charge in [0.1, 0.15) is 5.75 Å². The van der Waals surface area contributed by atoms with Crippen LogP contribution >= 0.6 is 11.3 Å². The fraction of sp³-hybridized carbons (Fsp3) is 0.333. The van der Waals surface area contributed by atoms with Gasteiger partial charge in [-0.25, -0.2) is 4.98 Å². The predicted octanol–water partition coefficient (Wildman–Crippen LogP) is 3.17. The van der Waals surface area contributed by atoms with Gasteiger partial charge in [-0.15, -0.1) is 11.3 Å². The summed E-state index contributed by atoms with van der Waals surface area (Å²) in [6.45, 7) is 3.41. The zero-order valence-corrected chi connectivity index (χ0v) is 12.7. The molecule has 112 valence electrons. The highest BCUT2D eigenvalue weighted by atomic mass is 32.1. The molecule has 0 saturated heterocycles. The average molecular weight is 306 g/mol. The minimum absolute atomic E-state index is 0.0431. The van der Waals surface area contributed by atoms with E-state index in [9.17, 15) is 4.79 Å². The largest absolute Gasteiger partial charge is 0.494 e. The second-order valence-electron chi connectivity index (χ2n) is 4.56. The van der Waals surface area contributed by atoms with Gasteiger partial charge in [0.05, 0.1) is 18.7 Å². The van der Waals surface area contributed by atoms with Gasteiger partial charge >= 0.3 is 5.97 Å². The number of nitrogens with zero attached hydrogens (tertiary/aromatic N) is 1. The number of carboxylic acids is 1. The van der Waals surface area contributed by atoms with Crippen molar-refractivity contribution in [3.8, 4) is 5.75 Å². The Bertz CT molecular complexity index is 598. The van der Waals surface area contributed by atoms with Gasteiger partial charge in [0.2, 0.25) is 0 Å². The number of ether oxygens (including phenoxy) is 1. The van der Waals surface area contributed by atoms with Crippen molar-refractivity contribution < 1.29 is 14.6 Å². The van der Waals surface area contributed by atoms with E-state index in [2.05, 4.69) is 17.2 Å². The lowest BCUT2D eigenvalue weighted by Crippen LogP contribution is -2.02. The van der Waals surface area contributed by atoms with Crippen LogP contribution in [0.5, 0.6) is 5.75 Å². The van der Waals surface area contributed by atoms with E-state index in [1.807, 2.05) is 24.3 Å². The summed E-state index contributed by atoms with van der Waals surface area (Å²) >= 11 is 1.41. The molecule has 1 aromatic heterocycles. The molecule has 0 aliphatic carbocycles. The molecule has 2 aromatic rings. The van der Waals surface area contributed by atoms with Crippen molar-refractivity contribution in [3.63, 3.8) is 0 Å². The zero-order chi connectivity index (χ0) is 15.1. The van der Waals surface area contributed by atoms with Crippen molar-refractivity contribution in [2.24, 2.45) is 0 Å². The second-order valence-corrected chi connectivity index (χ2v) is 5.42. The van der Waals surface area contributed by atoms with Gasteiger partial charge in [0.25, 0.3) is 0 Å². The fourth-order valence-corrected chi connectivity index (χ4v) is 2.48. The summed E-state index contributed by atoms with van der Waals surface area (Å²) in [6, 6.07) is 7.90. The molecule has 0 amide bonds. The number of nitrogens with one attached hydrogen (secondary N) is 1. The highest BCUT2D eigenvalue weighted by Crippen LogP contribution is 2.18. The van der Waals surface area contributed by atoms with Crippen LogP contribution in [0.3, 0.4) is 0 Å². The first-order valence-electron chi connectivity index (χ1n) is 6.79. The first-order valence-corrected chi connectivity index (χ1v) is 7.67. The summed E-state index contributed by atoms with van der Waals surface area (Å²) < 4.78 is 5.59. The monoisotopic (exact) mass is 306 g/mol. The van der Waals surface area contributed by atoms with Crippen LogP contribution in [0.4, 0.5) is 5.13 Å². The third-order valence-electron chi connectivity index (χ3n) is 2.70. The highest BCUT2D eigenvalue weighted by molar-refractivity contribution is 7.13. The van der Waals surface area contributed by atoms with Crippen molar-refractivity contribution in [2.45, 2.75) is 26.3 Å². The summed E-state index contributed by atoms with van der Waals surface area (Å²) in [5, 5.41) is 14.4. The molecule has 0 unspecified atom stereocenters. The van der Waals surface area contributed by atoms with Crippen LogP contribution < -0.4 is 10.1 Å². The molecule has 0 fully saturated rings. The molecule has 0 radical (unpaired) electrons. The number of hydrogen-bond acceptors (Lipinski definition) is 5. The smallest absolute Gasteiger partial charge is 0.309 e. The van der Waals surface area contributed by atoms with Gasteiger partial charge in [0.15, 0.2) is 5.13 Å². The molecule has 2 rings (SSSR count). The van der Waals surface area contributed by atoms with E-state index in [1.165, 1.54) is 11.3 Å². The van der Waals surface area contributed by atoms with Gasteiger partial charge in [-0.3, -0.25) is 4.79 Å². The molecule has 0 atom stereocenters. The van der Waals surface area contributed by atoms with Gasteiger partial charge in [-0.1, -0.05) is 19.1 Å². The molecule has 6 heteroatoms. The van der Waals surface area contributed by atoms with Crippen molar-refractivity contribution in [1.29, 1.82) is 0 Å². The highest BCUT2D eigenvalue weighted by Gasteiger charge is 2.06. The first kappa shape index (κ1) is 15.3. The normalized spacial score (nSPS) is 10.3. The van der Waals surface area contributed by atoms with Crippen LogP contribution in [0.1, 0.15) is 24.6 Å². The van der Waals surface area contributed by atoms with Crippen molar-refractivity contribution >= 4 is 22.4 Å². The lowest BCUT2D eigenvalue weighted by Gasteiger charge is -2.07. The number of aromatic nitrogens is 1. The quantitative estimate of drug-likeness (QED) is 0.784. The Morgan fingerprint density at radius 3 is 3.10 bits per heavy atom. The molecular weight excluding hydrogens is 288 g/mol. The average Bonchev–Trinajstić information content (AvgIpc) is 2.90. The van der Waals surface area contributed by atoms with Crippen LogP contribution in [-0.2, 0) is 17.8 Å². The van der Waals surface area contributed by atoms with Gasteiger partial charge in [-0.05, 0) is 24.1 Å².